The van der Waals surface area contributed by atoms with Crippen molar-refractivity contribution in [3.63, 3.8) is 0 Å². The zero-order valence-electron chi connectivity index (χ0n) is 9.94. The number of β-amino-alcohol motifs (C(OH)–C–C–N with tert-alkyl or cyclic N) is 1. The van der Waals surface area contributed by atoms with Gasteiger partial charge in [-0.15, -0.1) is 0 Å². The average molecular weight is 250 g/mol. The second-order valence-electron chi connectivity index (χ2n) is 4.43. The van der Waals surface area contributed by atoms with Crippen molar-refractivity contribution < 1.29 is 14.8 Å². The van der Waals surface area contributed by atoms with Crippen LogP contribution in [0.25, 0.3) is 0 Å². The van der Waals surface area contributed by atoms with E-state index in [9.17, 15) is 20.0 Å². The zero-order valence-corrected chi connectivity index (χ0v) is 9.94. The number of benzene rings is 1. The average Bonchev–Trinajstić information content (AvgIpc) is 2.67. The van der Waals surface area contributed by atoms with E-state index >= 15 is 0 Å². The van der Waals surface area contributed by atoms with E-state index in [1.54, 1.807) is 17.0 Å². The number of carbonyl (C=O) groups is 1. The molecule has 0 spiro atoms. The first-order valence-electron chi connectivity index (χ1n) is 5.71. The Bertz CT molecular complexity index is 471. The third-order valence-electron chi connectivity index (χ3n) is 3.19. The van der Waals surface area contributed by atoms with Gasteiger partial charge in [-0.1, -0.05) is 12.1 Å². The van der Waals surface area contributed by atoms with E-state index < -0.39 is 11.0 Å². The highest BCUT2D eigenvalue weighted by molar-refractivity contribution is 5.79. The van der Waals surface area contributed by atoms with Gasteiger partial charge in [-0.25, -0.2) is 0 Å². The number of nitro benzene ring substituents is 1. The van der Waals surface area contributed by atoms with Gasteiger partial charge in [0.05, 0.1) is 23.5 Å². The first-order chi connectivity index (χ1) is 8.49. The van der Waals surface area contributed by atoms with Crippen LogP contribution in [0.2, 0.25) is 0 Å². The summed E-state index contributed by atoms with van der Waals surface area (Å²) in [6.07, 6.45) is -0.463. The summed E-state index contributed by atoms with van der Waals surface area (Å²) in [5.74, 6) is -0.0895. The summed E-state index contributed by atoms with van der Waals surface area (Å²) in [5, 5.41) is 20.0. The molecule has 1 aromatic carbocycles. The standard InChI is InChI=1S/C12H14N2O4/c1-8(13-7-11(15)6-12(13)16)9-2-4-10(5-3-9)14(17)18/h2-5,8,11,15H,6-7H2,1H3/t8-,11?/m0/s1. The SMILES string of the molecule is C[C@@H](c1ccc([N+](=O)[O-])cc1)N1CC(O)CC1=O. The molecule has 2 atom stereocenters. The Balaban J connectivity index is 2.16. The number of carbonyl (C=O) groups excluding carboxylic acids is 1. The minimum Gasteiger partial charge on any atom is -0.391 e. The number of likely N-dealkylation sites (tertiary alicyclic amines) is 1. The maximum Gasteiger partial charge on any atom is 0.269 e. The van der Waals surface area contributed by atoms with Crippen LogP contribution in [0.5, 0.6) is 0 Å². The number of nitrogens with zero attached hydrogens (tertiary/aromatic N) is 2. The molecule has 1 fully saturated rings. The molecule has 1 saturated heterocycles. The minimum atomic E-state index is -0.613. The van der Waals surface area contributed by atoms with Crippen molar-refractivity contribution >= 4 is 11.6 Å². The minimum absolute atomic E-state index is 0.0266. The lowest BCUT2D eigenvalue weighted by atomic mass is 10.1. The van der Waals surface area contributed by atoms with Crippen LogP contribution in [0.15, 0.2) is 24.3 Å². The van der Waals surface area contributed by atoms with Gasteiger partial charge in [-0.3, -0.25) is 14.9 Å². The van der Waals surface area contributed by atoms with Gasteiger partial charge in [0, 0.05) is 18.7 Å². The summed E-state index contributed by atoms with van der Waals surface area (Å²) in [5.41, 5.74) is 0.849. The molecular formula is C12H14N2O4. The van der Waals surface area contributed by atoms with Gasteiger partial charge < -0.3 is 10.0 Å². The molecule has 0 saturated carbocycles. The number of non-ortho nitro benzene ring substituents is 1. The summed E-state index contributed by atoms with van der Waals surface area (Å²) >= 11 is 0. The highest BCUT2D eigenvalue weighted by Gasteiger charge is 2.31. The van der Waals surface area contributed by atoms with Crippen LogP contribution in [0, 0.1) is 10.1 Å². The molecule has 18 heavy (non-hydrogen) atoms. The number of aliphatic hydroxyl groups excluding tert-OH is 1. The van der Waals surface area contributed by atoms with E-state index in [2.05, 4.69) is 0 Å². The molecule has 1 aliphatic heterocycles. The number of hydrogen-bond donors (Lipinski definition) is 1. The summed E-state index contributed by atoms with van der Waals surface area (Å²) in [6, 6.07) is 5.93. The molecule has 6 heteroatoms. The maximum absolute atomic E-state index is 11.6. The van der Waals surface area contributed by atoms with Crippen molar-refractivity contribution in [2.75, 3.05) is 6.54 Å². The number of nitro groups is 1. The van der Waals surface area contributed by atoms with E-state index in [-0.39, 0.29) is 24.1 Å². The smallest absolute Gasteiger partial charge is 0.269 e. The highest BCUT2D eigenvalue weighted by atomic mass is 16.6. The lowest BCUT2D eigenvalue weighted by molar-refractivity contribution is -0.384. The normalized spacial score (nSPS) is 21.1. The molecule has 1 unspecified atom stereocenters. The maximum atomic E-state index is 11.6. The van der Waals surface area contributed by atoms with Gasteiger partial charge in [0.1, 0.15) is 0 Å². The van der Waals surface area contributed by atoms with E-state index in [1.165, 1.54) is 12.1 Å². The molecule has 96 valence electrons. The summed E-state index contributed by atoms with van der Waals surface area (Å²) in [4.78, 5) is 23.3. The predicted octanol–water partition coefficient (Wildman–Crippen LogP) is 1.25. The Morgan fingerprint density at radius 2 is 2.06 bits per heavy atom. The van der Waals surface area contributed by atoms with Crippen LogP contribution in [0.4, 0.5) is 5.69 Å². The quantitative estimate of drug-likeness (QED) is 0.646. The van der Waals surface area contributed by atoms with Crippen molar-refractivity contribution in [1.82, 2.24) is 4.90 Å². The van der Waals surface area contributed by atoms with Crippen molar-refractivity contribution in [3.8, 4) is 0 Å². The van der Waals surface area contributed by atoms with Gasteiger partial charge in [0.25, 0.3) is 5.69 Å². The third kappa shape index (κ3) is 2.33. The lowest BCUT2D eigenvalue weighted by Gasteiger charge is -2.24. The van der Waals surface area contributed by atoms with E-state index in [4.69, 9.17) is 0 Å². The zero-order chi connectivity index (χ0) is 13.3. The summed E-state index contributed by atoms with van der Waals surface area (Å²) in [7, 11) is 0. The van der Waals surface area contributed by atoms with Gasteiger partial charge in [0.15, 0.2) is 0 Å². The van der Waals surface area contributed by atoms with Gasteiger partial charge in [0.2, 0.25) is 5.91 Å². The topological polar surface area (TPSA) is 83.7 Å². The largest absolute Gasteiger partial charge is 0.391 e. The molecule has 0 bridgehead atoms. The molecule has 6 nitrogen and oxygen atoms in total. The second kappa shape index (κ2) is 4.73. The number of rotatable bonds is 3. The van der Waals surface area contributed by atoms with Crippen LogP contribution in [0.3, 0.4) is 0 Å². The first-order valence-corrected chi connectivity index (χ1v) is 5.71. The first kappa shape index (κ1) is 12.5. The summed E-state index contributed by atoms with van der Waals surface area (Å²) in [6.45, 7) is 2.16. The molecule has 1 aliphatic rings. The van der Waals surface area contributed by atoms with Crippen LogP contribution in [-0.4, -0.2) is 33.5 Å². The Labute approximate surface area is 104 Å². The van der Waals surface area contributed by atoms with Gasteiger partial charge in [-0.05, 0) is 12.5 Å². The third-order valence-corrected chi connectivity index (χ3v) is 3.19. The monoisotopic (exact) mass is 250 g/mol. The molecule has 0 aromatic heterocycles. The molecule has 1 heterocycles. The fraction of sp³-hybridized carbons (Fsp3) is 0.417. The molecule has 1 amide bonds. The molecule has 1 aromatic rings. The van der Waals surface area contributed by atoms with Gasteiger partial charge >= 0.3 is 0 Å². The Morgan fingerprint density at radius 1 is 1.44 bits per heavy atom. The highest BCUT2D eigenvalue weighted by Crippen LogP contribution is 2.26. The molecule has 2 rings (SSSR count). The lowest BCUT2D eigenvalue weighted by Crippen LogP contribution is -2.29. The number of aliphatic hydroxyl groups is 1. The molecule has 0 aliphatic carbocycles. The van der Waals surface area contributed by atoms with Crippen LogP contribution >= 0.6 is 0 Å². The molecular weight excluding hydrogens is 236 g/mol. The Morgan fingerprint density at radius 3 is 2.50 bits per heavy atom. The van der Waals surface area contributed by atoms with Crippen molar-refractivity contribution in [2.45, 2.75) is 25.5 Å². The van der Waals surface area contributed by atoms with E-state index in [0.29, 0.717) is 6.54 Å². The number of hydrogen-bond acceptors (Lipinski definition) is 4. The van der Waals surface area contributed by atoms with E-state index in [0.717, 1.165) is 5.56 Å². The predicted molar refractivity (Wildman–Crippen MR) is 63.8 cm³/mol. The fourth-order valence-electron chi connectivity index (χ4n) is 2.14. The Hall–Kier alpha value is -1.95. The van der Waals surface area contributed by atoms with E-state index in [1.807, 2.05) is 6.92 Å². The number of amides is 1. The second-order valence-corrected chi connectivity index (χ2v) is 4.43. The van der Waals surface area contributed by atoms with Crippen molar-refractivity contribution in [3.05, 3.63) is 39.9 Å². The van der Waals surface area contributed by atoms with Crippen LogP contribution in [0.1, 0.15) is 24.9 Å². The van der Waals surface area contributed by atoms with Crippen LogP contribution in [-0.2, 0) is 4.79 Å². The fourth-order valence-corrected chi connectivity index (χ4v) is 2.14. The van der Waals surface area contributed by atoms with Crippen LogP contribution < -0.4 is 0 Å². The molecule has 0 radical (unpaired) electrons. The van der Waals surface area contributed by atoms with Crippen molar-refractivity contribution in [2.24, 2.45) is 0 Å². The molecule has 1 N–H and O–H groups in total. The Kier molecular flexibility index (Phi) is 3.29. The van der Waals surface area contributed by atoms with Gasteiger partial charge in [-0.2, -0.15) is 0 Å². The van der Waals surface area contributed by atoms with Crippen molar-refractivity contribution in [1.29, 1.82) is 0 Å². The summed E-state index contributed by atoms with van der Waals surface area (Å²) < 4.78 is 0.